The molecule has 1 heterocycles. The molecule has 1 unspecified atom stereocenters. The zero-order valence-corrected chi connectivity index (χ0v) is 15.4. The molecule has 1 aliphatic rings. The average molecular weight is 357 g/mol. The predicted molar refractivity (Wildman–Crippen MR) is 103 cm³/mol. The minimum atomic E-state index is -0.0726. The van der Waals surface area contributed by atoms with E-state index in [0.717, 1.165) is 13.1 Å². The van der Waals surface area contributed by atoms with Crippen molar-refractivity contribution >= 4 is 17.5 Å². The number of benzene rings is 2. The van der Waals surface area contributed by atoms with E-state index in [2.05, 4.69) is 41.4 Å². The first-order valence-corrected chi connectivity index (χ1v) is 9.35. The molecule has 132 valence electrons. The summed E-state index contributed by atoms with van der Waals surface area (Å²) in [7, 11) is 0. The molecule has 1 atom stereocenters. The Kier molecular flexibility index (Phi) is 6.11. The van der Waals surface area contributed by atoms with E-state index in [4.69, 9.17) is 11.6 Å². The number of rotatable bonds is 5. The predicted octanol–water partition coefficient (Wildman–Crippen LogP) is 4.61. The number of halogens is 1. The highest BCUT2D eigenvalue weighted by Gasteiger charge is 2.23. The monoisotopic (exact) mass is 356 g/mol. The SMILES string of the molecule is Cc1ccc(C(CNC(=O)c2cccc(Cl)c2)N2CCCCC2)cc1. The molecule has 3 rings (SSSR count). The molecule has 0 bridgehead atoms. The highest BCUT2D eigenvalue weighted by Crippen LogP contribution is 2.24. The van der Waals surface area contributed by atoms with Crippen LogP contribution in [-0.4, -0.2) is 30.4 Å². The second kappa shape index (κ2) is 8.50. The average Bonchev–Trinajstić information content (AvgIpc) is 2.64. The third-order valence-electron chi connectivity index (χ3n) is 4.84. The van der Waals surface area contributed by atoms with Crippen molar-refractivity contribution in [2.24, 2.45) is 0 Å². The molecule has 1 fully saturated rings. The van der Waals surface area contributed by atoms with Crippen LogP contribution in [0.1, 0.15) is 46.8 Å². The molecule has 3 nitrogen and oxygen atoms in total. The van der Waals surface area contributed by atoms with Gasteiger partial charge in [-0.3, -0.25) is 9.69 Å². The van der Waals surface area contributed by atoms with Crippen LogP contribution in [0.2, 0.25) is 5.02 Å². The van der Waals surface area contributed by atoms with Gasteiger partial charge in [0.2, 0.25) is 0 Å². The molecule has 25 heavy (non-hydrogen) atoms. The van der Waals surface area contributed by atoms with Crippen LogP contribution >= 0.6 is 11.6 Å². The number of hydrogen-bond acceptors (Lipinski definition) is 2. The molecule has 0 spiro atoms. The molecule has 2 aromatic rings. The lowest BCUT2D eigenvalue weighted by atomic mass is 10.0. The molecular formula is C21H25ClN2O. The highest BCUT2D eigenvalue weighted by molar-refractivity contribution is 6.30. The zero-order valence-electron chi connectivity index (χ0n) is 14.7. The maximum absolute atomic E-state index is 12.5. The molecule has 2 aromatic carbocycles. The normalized spacial score (nSPS) is 16.4. The van der Waals surface area contributed by atoms with Crippen molar-refractivity contribution in [1.82, 2.24) is 10.2 Å². The molecule has 0 saturated carbocycles. The van der Waals surface area contributed by atoms with Gasteiger partial charge in [-0.25, -0.2) is 0 Å². The third-order valence-corrected chi connectivity index (χ3v) is 5.07. The molecular weight excluding hydrogens is 332 g/mol. The Morgan fingerprint density at radius 1 is 1.12 bits per heavy atom. The Bertz CT molecular complexity index is 708. The molecule has 1 N–H and O–H groups in total. The molecule has 1 saturated heterocycles. The Hall–Kier alpha value is -1.84. The van der Waals surface area contributed by atoms with E-state index in [0.29, 0.717) is 17.1 Å². The maximum atomic E-state index is 12.5. The van der Waals surface area contributed by atoms with Crippen molar-refractivity contribution in [2.45, 2.75) is 32.2 Å². The van der Waals surface area contributed by atoms with Crippen LogP contribution < -0.4 is 5.32 Å². The molecule has 0 aliphatic carbocycles. The van der Waals surface area contributed by atoms with Gasteiger partial charge in [0.1, 0.15) is 0 Å². The summed E-state index contributed by atoms with van der Waals surface area (Å²) in [4.78, 5) is 15.0. The quantitative estimate of drug-likeness (QED) is 0.848. The first-order valence-electron chi connectivity index (χ1n) is 8.98. The lowest BCUT2D eigenvalue weighted by Crippen LogP contribution is -2.40. The fourth-order valence-electron chi connectivity index (χ4n) is 3.40. The van der Waals surface area contributed by atoms with Gasteiger partial charge in [0.05, 0.1) is 6.04 Å². The topological polar surface area (TPSA) is 32.3 Å². The number of aryl methyl sites for hydroxylation is 1. The molecule has 0 radical (unpaired) electrons. The summed E-state index contributed by atoms with van der Waals surface area (Å²) >= 11 is 6.00. The number of amides is 1. The van der Waals surface area contributed by atoms with Crippen LogP contribution in [0.3, 0.4) is 0 Å². The molecule has 1 aliphatic heterocycles. The molecule has 1 amide bonds. The van der Waals surface area contributed by atoms with E-state index >= 15 is 0 Å². The number of nitrogens with one attached hydrogen (secondary N) is 1. The molecule has 0 aromatic heterocycles. The Balaban J connectivity index is 1.73. The summed E-state index contributed by atoms with van der Waals surface area (Å²) in [6.45, 7) is 4.88. The smallest absolute Gasteiger partial charge is 0.251 e. The van der Waals surface area contributed by atoms with Crippen molar-refractivity contribution in [3.05, 3.63) is 70.2 Å². The molecule has 4 heteroatoms. The lowest BCUT2D eigenvalue weighted by molar-refractivity contribution is 0.0924. The van der Waals surface area contributed by atoms with E-state index in [1.807, 2.05) is 0 Å². The van der Waals surface area contributed by atoms with Gasteiger partial charge in [-0.05, 0) is 56.6 Å². The van der Waals surface area contributed by atoms with E-state index in [-0.39, 0.29) is 11.9 Å². The van der Waals surface area contributed by atoms with Gasteiger partial charge in [-0.1, -0.05) is 53.9 Å². The largest absolute Gasteiger partial charge is 0.350 e. The zero-order chi connectivity index (χ0) is 17.6. The summed E-state index contributed by atoms with van der Waals surface area (Å²) in [6, 6.07) is 15.9. The number of carbonyl (C=O) groups is 1. The second-order valence-corrected chi connectivity index (χ2v) is 7.18. The van der Waals surface area contributed by atoms with E-state index < -0.39 is 0 Å². The second-order valence-electron chi connectivity index (χ2n) is 6.74. The summed E-state index contributed by atoms with van der Waals surface area (Å²) < 4.78 is 0. The van der Waals surface area contributed by atoms with Gasteiger partial charge in [0.25, 0.3) is 5.91 Å². The van der Waals surface area contributed by atoms with Gasteiger partial charge >= 0.3 is 0 Å². The van der Waals surface area contributed by atoms with Crippen molar-refractivity contribution < 1.29 is 4.79 Å². The maximum Gasteiger partial charge on any atom is 0.251 e. The van der Waals surface area contributed by atoms with Gasteiger partial charge in [0, 0.05) is 17.1 Å². The van der Waals surface area contributed by atoms with Crippen LogP contribution in [-0.2, 0) is 0 Å². The van der Waals surface area contributed by atoms with Gasteiger partial charge in [-0.2, -0.15) is 0 Å². The van der Waals surface area contributed by atoms with Crippen molar-refractivity contribution in [2.75, 3.05) is 19.6 Å². The Morgan fingerprint density at radius 2 is 1.84 bits per heavy atom. The van der Waals surface area contributed by atoms with Crippen LogP contribution in [0.5, 0.6) is 0 Å². The number of nitrogens with zero attached hydrogens (tertiary/aromatic N) is 1. The van der Waals surface area contributed by atoms with Gasteiger partial charge < -0.3 is 5.32 Å². The Labute approximate surface area is 155 Å². The van der Waals surface area contributed by atoms with Crippen LogP contribution in [0.25, 0.3) is 0 Å². The van der Waals surface area contributed by atoms with Gasteiger partial charge in [0.15, 0.2) is 0 Å². The standard InChI is InChI=1S/C21H25ClN2O/c1-16-8-10-17(11-9-16)20(24-12-3-2-4-13-24)15-23-21(25)18-6-5-7-19(22)14-18/h5-11,14,20H,2-4,12-13,15H2,1H3,(H,23,25). The minimum Gasteiger partial charge on any atom is -0.350 e. The summed E-state index contributed by atoms with van der Waals surface area (Å²) in [6.07, 6.45) is 3.75. The fourth-order valence-corrected chi connectivity index (χ4v) is 3.59. The van der Waals surface area contributed by atoms with Crippen LogP contribution in [0, 0.1) is 6.92 Å². The van der Waals surface area contributed by atoms with Crippen LogP contribution in [0.4, 0.5) is 0 Å². The first kappa shape index (κ1) is 18.0. The lowest BCUT2D eigenvalue weighted by Gasteiger charge is -2.35. The minimum absolute atomic E-state index is 0.0726. The number of likely N-dealkylation sites (tertiary alicyclic amines) is 1. The van der Waals surface area contributed by atoms with Crippen molar-refractivity contribution in [3.63, 3.8) is 0 Å². The van der Waals surface area contributed by atoms with E-state index in [1.54, 1.807) is 24.3 Å². The number of piperidine rings is 1. The van der Waals surface area contributed by atoms with E-state index in [1.165, 1.54) is 30.4 Å². The van der Waals surface area contributed by atoms with E-state index in [9.17, 15) is 4.79 Å². The number of carbonyl (C=O) groups excluding carboxylic acids is 1. The highest BCUT2D eigenvalue weighted by atomic mass is 35.5. The summed E-state index contributed by atoms with van der Waals surface area (Å²) in [5.41, 5.74) is 3.12. The summed E-state index contributed by atoms with van der Waals surface area (Å²) in [5, 5.41) is 3.68. The third kappa shape index (κ3) is 4.83. The van der Waals surface area contributed by atoms with Crippen molar-refractivity contribution in [1.29, 1.82) is 0 Å². The number of hydrogen-bond donors (Lipinski definition) is 1. The van der Waals surface area contributed by atoms with Gasteiger partial charge in [-0.15, -0.1) is 0 Å². The van der Waals surface area contributed by atoms with Crippen LogP contribution in [0.15, 0.2) is 48.5 Å². The first-order chi connectivity index (χ1) is 12.1. The fraction of sp³-hybridized carbons (Fsp3) is 0.381. The Morgan fingerprint density at radius 3 is 2.52 bits per heavy atom. The van der Waals surface area contributed by atoms with Crippen molar-refractivity contribution in [3.8, 4) is 0 Å². The summed E-state index contributed by atoms with van der Waals surface area (Å²) in [5.74, 6) is -0.0726.